The Morgan fingerprint density at radius 1 is 0.600 bits per heavy atom. The number of rotatable bonds is 0. The van der Waals surface area contributed by atoms with Crippen LogP contribution in [0.3, 0.4) is 0 Å². The van der Waals surface area contributed by atoms with Crippen LogP contribution in [0.25, 0.3) is 0 Å². The summed E-state index contributed by atoms with van der Waals surface area (Å²) in [7, 11) is 0. The Morgan fingerprint density at radius 3 is 2.00 bits per heavy atom. The average molecular weight is 706 g/mol. The number of fused-ring (bicyclic) bond motifs is 12. The molecule has 4 aromatic carbocycles. The van der Waals surface area contributed by atoms with Crippen molar-refractivity contribution in [3.63, 3.8) is 0 Å². The van der Waals surface area contributed by atoms with Crippen molar-refractivity contribution in [2.75, 3.05) is 32.7 Å². The van der Waals surface area contributed by atoms with Gasteiger partial charge in [-0.25, -0.2) is 0 Å². The number of nitrogens with zero attached hydrogens (tertiary/aromatic N) is 4. The van der Waals surface area contributed by atoms with Crippen molar-refractivity contribution in [3.05, 3.63) is 108 Å². The summed E-state index contributed by atoms with van der Waals surface area (Å²) in [6.07, 6.45) is 4.81. The fourth-order valence-electron chi connectivity index (χ4n) is 7.29. The quantitative estimate of drug-likeness (QED) is 0.203. The third-order valence-electron chi connectivity index (χ3n) is 9.06. The van der Waals surface area contributed by atoms with E-state index in [9.17, 15) is 0 Å². The van der Waals surface area contributed by atoms with E-state index in [0.717, 1.165) is 44.0 Å². The SMILES string of the molecule is c1cc2cc(c1)Oc1cccc(c1)C1(CCCC1)N1[C]3=[Pt]=[C]4N(CCN3c3ccccc31)c1ccccc1N4C2. The zero-order valence-electron chi connectivity index (χ0n) is 22.2. The fourth-order valence-corrected chi connectivity index (χ4v) is 11.2. The number of anilines is 4. The van der Waals surface area contributed by atoms with Crippen LogP contribution < -0.4 is 24.3 Å². The van der Waals surface area contributed by atoms with Crippen LogP contribution in [0, 0.1) is 0 Å². The summed E-state index contributed by atoms with van der Waals surface area (Å²) < 4.78 is 9.57. The summed E-state index contributed by atoms with van der Waals surface area (Å²) in [5.74, 6) is 1.83. The number of hydrogen-bond donors (Lipinski definition) is 0. The first-order valence-corrected chi connectivity index (χ1v) is 16.6. The maximum absolute atomic E-state index is 6.56. The summed E-state index contributed by atoms with van der Waals surface area (Å²) in [6.45, 7) is 2.81. The van der Waals surface area contributed by atoms with E-state index in [2.05, 4.69) is 117 Å². The molecule has 5 nitrogen and oxygen atoms in total. The van der Waals surface area contributed by atoms with Crippen molar-refractivity contribution < 1.29 is 22.4 Å². The monoisotopic (exact) mass is 705 g/mol. The molecule has 5 aliphatic rings. The summed E-state index contributed by atoms with van der Waals surface area (Å²) in [5.41, 5.74) is 7.99. The molecule has 0 unspecified atom stereocenters. The molecule has 1 saturated carbocycles. The third-order valence-corrected chi connectivity index (χ3v) is 12.4. The second-order valence-corrected chi connectivity index (χ2v) is 13.9. The molecule has 4 aromatic rings. The van der Waals surface area contributed by atoms with E-state index in [4.69, 9.17) is 4.74 Å². The van der Waals surface area contributed by atoms with Crippen molar-refractivity contribution in [2.24, 2.45) is 0 Å². The predicted octanol–water partition coefficient (Wildman–Crippen LogP) is 6.69. The summed E-state index contributed by atoms with van der Waals surface area (Å²) in [6, 6.07) is 35.8. The molecule has 0 N–H and O–H groups in total. The zero-order chi connectivity index (χ0) is 26.3. The molecular formula is C34H30N4OPt. The van der Waals surface area contributed by atoms with Crippen molar-refractivity contribution in [2.45, 2.75) is 37.8 Å². The normalized spacial score (nSPS) is 20.0. The van der Waals surface area contributed by atoms with Crippen molar-refractivity contribution in [3.8, 4) is 11.5 Å². The van der Waals surface area contributed by atoms with E-state index < -0.39 is 17.6 Å². The second-order valence-electron chi connectivity index (χ2n) is 11.3. The van der Waals surface area contributed by atoms with E-state index in [1.54, 1.807) is 0 Å². The van der Waals surface area contributed by atoms with E-state index in [0.29, 0.717) is 0 Å². The van der Waals surface area contributed by atoms with Gasteiger partial charge in [-0.3, -0.25) is 0 Å². The van der Waals surface area contributed by atoms with Gasteiger partial charge in [0.2, 0.25) is 0 Å². The molecule has 202 valence electrons. The molecule has 40 heavy (non-hydrogen) atoms. The van der Waals surface area contributed by atoms with Crippen LogP contribution in [0.5, 0.6) is 11.5 Å². The topological polar surface area (TPSA) is 22.2 Å². The van der Waals surface area contributed by atoms with Gasteiger partial charge in [0.05, 0.1) is 0 Å². The molecule has 1 aliphatic carbocycles. The molecule has 0 saturated heterocycles. The third kappa shape index (κ3) is 3.24. The Bertz CT molecular complexity index is 1750. The second kappa shape index (κ2) is 8.65. The molecule has 0 atom stereocenters. The minimum absolute atomic E-state index is 0.0719. The van der Waals surface area contributed by atoms with Gasteiger partial charge < -0.3 is 0 Å². The molecule has 6 heteroatoms. The number of ether oxygens (including phenoxy) is 1. The van der Waals surface area contributed by atoms with E-state index in [-0.39, 0.29) is 5.54 Å². The molecule has 0 aromatic heterocycles. The van der Waals surface area contributed by atoms with Gasteiger partial charge in [-0.1, -0.05) is 0 Å². The molecule has 9 rings (SSSR count). The van der Waals surface area contributed by atoms with Crippen LogP contribution in [0.2, 0.25) is 0 Å². The van der Waals surface area contributed by atoms with Crippen molar-refractivity contribution >= 4 is 31.0 Å². The van der Waals surface area contributed by atoms with Crippen molar-refractivity contribution in [1.82, 2.24) is 0 Å². The van der Waals surface area contributed by atoms with Gasteiger partial charge in [0.25, 0.3) is 0 Å². The fraction of sp³-hybridized carbons (Fsp3) is 0.235. The van der Waals surface area contributed by atoms with Crippen LogP contribution in [-0.2, 0) is 29.7 Å². The van der Waals surface area contributed by atoms with Gasteiger partial charge in [-0.2, -0.15) is 0 Å². The molecule has 4 aliphatic heterocycles. The van der Waals surface area contributed by atoms with Gasteiger partial charge in [-0.05, 0) is 0 Å². The van der Waals surface area contributed by atoms with E-state index in [1.807, 2.05) is 0 Å². The number of hydrogen-bond acceptors (Lipinski definition) is 5. The van der Waals surface area contributed by atoms with Gasteiger partial charge in [0.1, 0.15) is 0 Å². The maximum atomic E-state index is 6.56. The molecule has 0 radical (unpaired) electrons. The van der Waals surface area contributed by atoms with E-state index >= 15 is 0 Å². The molecule has 6 bridgehead atoms. The summed E-state index contributed by atoms with van der Waals surface area (Å²) in [5, 5.41) is 0. The zero-order valence-corrected chi connectivity index (χ0v) is 24.5. The standard InChI is InChI=1S/C34H30N4O.Pt/c1-2-14-31-30(13-1)35-19-20-36-25-38(33-16-4-3-15-32(33)36)34(17-5-6-18-34)27-10-8-12-29(22-27)39-28-11-7-9-26(21-28)23-37(31)24-35;/h1-4,7-16,21-22H,5-6,17-20,23H2;. The van der Waals surface area contributed by atoms with Crippen LogP contribution in [0.15, 0.2) is 97.1 Å². The Morgan fingerprint density at radius 2 is 1.23 bits per heavy atom. The Balaban J connectivity index is 1.37. The Hall–Kier alpha value is -3.69. The first-order chi connectivity index (χ1) is 19.8. The van der Waals surface area contributed by atoms with Gasteiger partial charge >= 0.3 is 244 Å². The Labute approximate surface area is 242 Å². The van der Waals surface area contributed by atoms with Crippen molar-refractivity contribution in [1.29, 1.82) is 0 Å². The van der Waals surface area contributed by atoms with Crippen LogP contribution in [0.1, 0.15) is 36.8 Å². The number of benzene rings is 4. The predicted molar refractivity (Wildman–Crippen MR) is 159 cm³/mol. The summed E-state index contributed by atoms with van der Waals surface area (Å²) in [4.78, 5) is 10.7. The van der Waals surface area contributed by atoms with Crippen LogP contribution in [-0.4, -0.2) is 21.4 Å². The minimum atomic E-state index is -0.519. The van der Waals surface area contributed by atoms with Gasteiger partial charge in [-0.15, -0.1) is 0 Å². The number of para-hydroxylation sites is 4. The van der Waals surface area contributed by atoms with Crippen LogP contribution >= 0.6 is 0 Å². The van der Waals surface area contributed by atoms with E-state index in [1.165, 1.54) is 55.0 Å². The first kappa shape index (κ1) is 23.1. The average Bonchev–Trinajstić information content (AvgIpc) is 3.63. The Kier molecular flexibility index (Phi) is 4.99. The first-order valence-electron chi connectivity index (χ1n) is 14.3. The molecule has 1 spiro atoms. The molecule has 4 heterocycles. The molecule has 1 fully saturated rings. The summed E-state index contributed by atoms with van der Waals surface area (Å²) >= 11 is -0.519. The molecular weight excluding hydrogens is 675 g/mol. The van der Waals surface area contributed by atoms with Gasteiger partial charge in [0.15, 0.2) is 0 Å². The molecule has 0 amide bonds. The van der Waals surface area contributed by atoms with Crippen LogP contribution in [0.4, 0.5) is 22.7 Å². The van der Waals surface area contributed by atoms with Gasteiger partial charge in [0, 0.05) is 0 Å².